The molecule has 6 heteroatoms. The van der Waals surface area contributed by atoms with Gasteiger partial charge in [-0.1, -0.05) is 12.1 Å². The van der Waals surface area contributed by atoms with Gasteiger partial charge in [-0.2, -0.15) is 0 Å². The highest BCUT2D eigenvalue weighted by molar-refractivity contribution is 6.01. The van der Waals surface area contributed by atoms with Gasteiger partial charge in [-0.3, -0.25) is 0 Å². The predicted molar refractivity (Wildman–Crippen MR) is 82.3 cm³/mol. The van der Waals surface area contributed by atoms with Gasteiger partial charge in [-0.15, -0.1) is 0 Å². The van der Waals surface area contributed by atoms with Crippen molar-refractivity contribution in [2.24, 2.45) is 0 Å². The topological polar surface area (TPSA) is 54.0 Å². The lowest BCUT2D eigenvalue weighted by atomic mass is 10.1. The summed E-state index contributed by atoms with van der Waals surface area (Å²) in [5.41, 5.74) is 2.49. The number of hydrogen-bond acceptors (Lipinski definition) is 4. The summed E-state index contributed by atoms with van der Waals surface area (Å²) < 4.78 is 18.9. The van der Waals surface area contributed by atoms with Crippen LogP contribution in [0.1, 0.15) is 0 Å². The van der Waals surface area contributed by atoms with E-state index in [1.807, 2.05) is 12.3 Å². The number of ether oxygens (including phenoxy) is 1. The van der Waals surface area contributed by atoms with Gasteiger partial charge in [-0.25, -0.2) is 14.4 Å². The molecule has 0 amide bonds. The maximum atomic E-state index is 13.5. The summed E-state index contributed by atoms with van der Waals surface area (Å²) in [6, 6.07) is 6.57. The number of aromatic nitrogens is 3. The molecule has 0 radical (unpaired) electrons. The number of anilines is 1. The number of fused-ring (bicyclic) bond motifs is 1. The van der Waals surface area contributed by atoms with Crippen molar-refractivity contribution < 1.29 is 9.13 Å². The van der Waals surface area contributed by atoms with Crippen molar-refractivity contribution in [2.45, 2.75) is 0 Å². The molecule has 5 nitrogen and oxygen atoms in total. The molecule has 1 saturated heterocycles. The Kier molecular flexibility index (Phi) is 3.23. The van der Waals surface area contributed by atoms with Gasteiger partial charge < -0.3 is 14.6 Å². The Morgan fingerprint density at radius 2 is 2.05 bits per heavy atom. The molecule has 1 aromatic carbocycles. The lowest BCUT2D eigenvalue weighted by Crippen LogP contribution is -2.36. The number of nitrogens with zero attached hydrogens (tertiary/aromatic N) is 3. The lowest BCUT2D eigenvalue weighted by Gasteiger charge is -2.28. The first-order valence-corrected chi connectivity index (χ1v) is 7.23. The molecule has 0 atom stereocenters. The largest absolute Gasteiger partial charge is 0.378 e. The van der Waals surface area contributed by atoms with E-state index < -0.39 is 0 Å². The monoisotopic (exact) mass is 298 g/mol. The Morgan fingerprint density at radius 3 is 2.86 bits per heavy atom. The fourth-order valence-corrected chi connectivity index (χ4v) is 2.85. The number of aromatic amines is 1. The SMILES string of the molecule is Fc1cccc(-c2c[nH]c3ncnc(N4CCOCC4)c23)c1. The summed E-state index contributed by atoms with van der Waals surface area (Å²) in [5.74, 6) is 0.616. The van der Waals surface area contributed by atoms with Crippen molar-refractivity contribution in [3.63, 3.8) is 0 Å². The molecule has 3 heterocycles. The van der Waals surface area contributed by atoms with Gasteiger partial charge in [0.25, 0.3) is 0 Å². The highest BCUT2D eigenvalue weighted by Gasteiger charge is 2.19. The third-order valence-electron chi connectivity index (χ3n) is 3.90. The number of rotatable bonds is 2. The molecule has 112 valence electrons. The zero-order chi connectivity index (χ0) is 14.9. The average Bonchev–Trinajstić information content (AvgIpc) is 3.00. The zero-order valence-electron chi connectivity index (χ0n) is 11.9. The van der Waals surface area contributed by atoms with E-state index in [2.05, 4.69) is 19.9 Å². The van der Waals surface area contributed by atoms with Crippen LogP contribution in [-0.4, -0.2) is 41.3 Å². The fourth-order valence-electron chi connectivity index (χ4n) is 2.85. The summed E-state index contributed by atoms with van der Waals surface area (Å²) >= 11 is 0. The third-order valence-corrected chi connectivity index (χ3v) is 3.90. The van der Waals surface area contributed by atoms with Crippen molar-refractivity contribution in [2.75, 3.05) is 31.2 Å². The Labute approximate surface area is 126 Å². The van der Waals surface area contributed by atoms with Crippen LogP contribution in [0.2, 0.25) is 0 Å². The number of morpholine rings is 1. The second kappa shape index (κ2) is 5.38. The summed E-state index contributed by atoms with van der Waals surface area (Å²) in [6.07, 6.45) is 3.41. The van der Waals surface area contributed by atoms with E-state index in [1.165, 1.54) is 12.1 Å². The van der Waals surface area contributed by atoms with Crippen LogP contribution in [0, 0.1) is 5.82 Å². The highest BCUT2D eigenvalue weighted by Crippen LogP contribution is 2.33. The highest BCUT2D eigenvalue weighted by atomic mass is 19.1. The Bertz CT molecular complexity index is 811. The van der Waals surface area contributed by atoms with Gasteiger partial charge in [0.15, 0.2) is 0 Å². The summed E-state index contributed by atoms with van der Waals surface area (Å²) in [6.45, 7) is 2.95. The van der Waals surface area contributed by atoms with E-state index in [9.17, 15) is 4.39 Å². The fraction of sp³-hybridized carbons (Fsp3) is 0.250. The summed E-state index contributed by atoms with van der Waals surface area (Å²) in [5, 5.41) is 0.926. The van der Waals surface area contributed by atoms with E-state index in [4.69, 9.17) is 4.74 Å². The maximum absolute atomic E-state index is 13.5. The molecular formula is C16H15FN4O. The average molecular weight is 298 g/mol. The first-order valence-electron chi connectivity index (χ1n) is 7.23. The Balaban J connectivity index is 1.89. The third kappa shape index (κ3) is 2.21. The zero-order valence-corrected chi connectivity index (χ0v) is 11.9. The molecule has 0 aliphatic carbocycles. The summed E-state index contributed by atoms with van der Waals surface area (Å²) in [4.78, 5) is 14.1. The van der Waals surface area contributed by atoms with Crippen LogP contribution in [0.15, 0.2) is 36.8 Å². The van der Waals surface area contributed by atoms with E-state index in [0.29, 0.717) is 13.2 Å². The smallest absolute Gasteiger partial charge is 0.143 e. The minimum absolute atomic E-state index is 0.253. The van der Waals surface area contributed by atoms with E-state index >= 15 is 0 Å². The summed E-state index contributed by atoms with van der Waals surface area (Å²) in [7, 11) is 0. The van der Waals surface area contributed by atoms with Crippen LogP contribution in [0.4, 0.5) is 10.2 Å². The molecule has 0 unspecified atom stereocenters. The van der Waals surface area contributed by atoms with Crippen LogP contribution >= 0.6 is 0 Å². The van der Waals surface area contributed by atoms with Crippen molar-refractivity contribution >= 4 is 16.9 Å². The molecule has 1 aliphatic heterocycles. The van der Waals surface area contributed by atoms with Crippen LogP contribution in [0.3, 0.4) is 0 Å². The van der Waals surface area contributed by atoms with Crippen LogP contribution in [-0.2, 0) is 4.74 Å². The quantitative estimate of drug-likeness (QED) is 0.790. The van der Waals surface area contributed by atoms with Gasteiger partial charge in [-0.05, 0) is 17.7 Å². The van der Waals surface area contributed by atoms with Gasteiger partial charge in [0.1, 0.15) is 23.6 Å². The maximum Gasteiger partial charge on any atom is 0.143 e. The molecule has 1 N–H and O–H groups in total. The lowest BCUT2D eigenvalue weighted by molar-refractivity contribution is 0.122. The molecule has 0 spiro atoms. The van der Waals surface area contributed by atoms with E-state index in [1.54, 1.807) is 12.4 Å². The van der Waals surface area contributed by atoms with Gasteiger partial charge >= 0.3 is 0 Å². The Hall–Kier alpha value is -2.47. The van der Waals surface area contributed by atoms with Crippen molar-refractivity contribution in [3.8, 4) is 11.1 Å². The minimum Gasteiger partial charge on any atom is -0.378 e. The van der Waals surface area contributed by atoms with Crippen LogP contribution in [0.5, 0.6) is 0 Å². The van der Waals surface area contributed by atoms with Crippen LogP contribution < -0.4 is 4.90 Å². The number of H-pyrrole nitrogens is 1. The van der Waals surface area contributed by atoms with Crippen molar-refractivity contribution in [1.82, 2.24) is 15.0 Å². The molecular weight excluding hydrogens is 283 g/mol. The molecule has 1 fully saturated rings. The molecule has 1 aliphatic rings. The first-order chi connectivity index (χ1) is 10.8. The standard InChI is InChI=1S/C16H15FN4O/c17-12-3-1-2-11(8-12)13-9-18-15-14(13)16(20-10-19-15)21-4-6-22-7-5-21/h1-3,8-10H,4-7H2,(H,18,19,20). The second-order valence-corrected chi connectivity index (χ2v) is 5.23. The molecule has 3 aromatic rings. The first kappa shape index (κ1) is 13.2. The number of halogens is 1. The van der Waals surface area contributed by atoms with E-state index in [0.717, 1.165) is 41.1 Å². The molecule has 2 aromatic heterocycles. The molecule has 0 saturated carbocycles. The number of benzene rings is 1. The minimum atomic E-state index is -0.253. The predicted octanol–water partition coefficient (Wildman–Crippen LogP) is 2.60. The van der Waals surface area contributed by atoms with Crippen molar-refractivity contribution in [3.05, 3.63) is 42.6 Å². The molecule has 4 rings (SSSR count). The van der Waals surface area contributed by atoms with Gasteiger partial charge in [0.05, 0.1) is 18.6 Å². The van der Waals surface area contributed by atoms with Gasteiger partial charge in [0, 0.05) is 24.8 Å². The van der Waals surface area contributed by atoms with Crippen LogP contribution in [0.25, 0.3) is 22.2 Å². The second-order valence-electron chi connectivity index (χ2n) is 5.23. The normalized spacial score (nSPS) is 15.4. The Morgan fingerprint density at radius 1 is 1.18 bits per heavy atom. The number of hydrogen-bond donors (Lipinski definition) is 1. The molecule has 22 heavy (non-hydrogen) atoms. The number of nitrogens with one attached hydrogen (secondary N) is 1. The van der Waals surface area contributed by atoms with Crippen molar-refractivity contribution in [1.29, 1.82) is 0 Å². The molecule has 0 bridgehead atoms. The van der Waals surface area contributed by atoms with E-state index in [-0.39, 0.29) is 5.82 Å². The van der Waals surface area contributed by atoms with Gasteiger partial charge in [0.2, 0.25) is 0 Å².